The van der Waals surface area contributed by atoms with Crippen LogP contribution in [-0.2, 0) is 9.53 Å². The van der Waals surface area contributed by atoms with Crippen molar-refractivity contribution < 1.29 is 19.4 Å². The van der Waals surface area contributed by atoms with Crippen molar-refractivity contribution in [2.45, 2.75) is 39.0 Å². The van der Waals surface area contributed by atoms with E-state index < -0.39 is 5.97 Å². The van der Waals surface area contributed by atoms with E-state index in [1.165, 1.54) is 18.6 Å². The Kier molecular flexibility index (Phi) is 5.20. The Bertz CT molecular complexity index is 521. The Hall–Kier alpha value is -2.04. The molecule has 0 atom stereocenters. The number of ether oxygens (including phenoxy) is 1. The van der Waals surface area contributed by atoms with E-state index >= 15 is 0 Å². The van der Waals surface area contributed by atoms with Crippen molar-refractivity contribution >= 4 is 17.6 Å². The van der Waals surface area contributed by atoms with Crippen LogP contribution in [0.2, 0.25) is 0 Å². The van der Waals surface area contributed by atoms with Crippen molar-refractivity contribution in [2.75, 3.05) is 11.9 Å². The summed E-state index contributed by atoms with van der Waals surface area (Å²) < 4.78 is 4.87. The lowest BCUT2D eigenvalue weighted by molar-refractivity contribution is -0.120. The summed E-state index contributed by atoms with van der Waals surface area (Å²) in [6.45, 7) is 1.93. The molecule has 2 N–H and O–H groups in total. The first-order valence-electron chi connectivity index (χ1n) is 7.42. The molecule has 0 heterocycles. The van der Waals surface area contributed by atoms with Gasteiger partial charge in [-0.25, -0.2) is 4.79 Å². The van der Waals surface area contributed by atoms with Crippen LogP contribution in [0.1, 0.15) is 49.4 Å². The van der Waals surface area contributed by atoms with E-state index in [0.29, 0.717) is 5.69 Å². The molecule has 0 unspecified atom stereocenters. The minimum absolute atomic E-state index is 0.0183. The molecule has 0 radical (unpaired) electrons. The summed E-state index contributed by atoms with van der Waals surface area (Å²) in [5.41, 5.74) is 0.574. The van der Waals surface area contributed by atoms with E-state index in [1.54, 1.807) is 13.0 Å². The first kappa shape index (κ1) is 15.4. The number of amides is 1. The summed E-state index contributed by atoms with van der Waals surface area (Å²) in [6, 6.07) is 4.43. The molecule has 0 saturated heterocycles. The lowest BCUT2D eigenvalue weighted by Crippen LogP contribution is -2.24. The average Bonchev–Trinajstić information content (AvgIpc) is 2.50. The quantitative estimate of drug-likeness (QED) is 0.660. The number of carbonyl (C=O) groups excluding carboxylic acids is 2. The third kappa shape index (κ3) is 3.97. The second-order valence-corrected chi connectivity index (χ2v) is 5.28. The van der Waals surface area contributed by atoms with Crippen molar-refractivity contribution in [3.05, 3.63) is 23.8 Å². The Morgan fingerprint density at radius 2 is 2.00 bits per heavy atom. The fourth-order valence-corrected chi connectivity index (χ4v) is 2.60. The van der Waals surface area contributed by atoms with E-state index in [0.717, 1.165) is 25.7 Å². The largest absolute Gasteiger partial charge is 0.507 e. The maximum atomic E-state index is 12.2. The van der Waals surface area contributed by atoms with Gasteiger partial charge in [0.25, 0.3) is 0 Å². The summed E-state index contributed by atoms with van der Waals surface area (Å²) >= 11 is 0. The topological polar surface area (TPSA) is 75.6 Å². The van der Waals surface area contributed by atoms with E-state index in [-0.39, 0.29) is 29.7 Å². The number of benzene rings is 1. The number of phenolic OH excluding ortho intramolecular Hbond substituents is 1. The van der Waals surface area contributed by atoms with Crippen molar-refractivity contribution in [3.8, 4) is 5.75 Å². The maximum absolute atomic E-state index is 12.2. The molecule has 5 nitrogen and oxygen atoms in total. The number of nitrogens with one attached hydrogen (secondary N) is 1. The van der Waals surface area contributed by atoms with Gasteiger partial charge in [0.05, 0.1) is 6.61 Å². The third-order valence-corrected chi connectivity index (χ3v) is 3.74. The van der Waals surface area contributed by atoms with E-state index in [4.69, 9.17) is 4.74 Å². The van der Waals surface area contributed by atoms with E-state index in [2.05, 4.69) is 5.32 Å². The molecular weight excluding hydrogens is 270 g/mol. The van der Waals surface area contributed by atoms with Crippen LogP contribution in [0.25, 0.3) is 0 Å². The van der Waals surface area contributed by atoms with E-state index in [1.807, 2.05) is 0 Å². The van der Waals surface area contributed by atoms with Crippen molar-refractivity contribution in [1.82, 2.24) is 0 Å². The molecular formula is C16H21NO4. The Morgan fingerprint density at radius 3 is 2.67 bits per heavy atom. The zero-order chi connectivity index (χ0) is 15.2. The summed E-state index contributed by atoms with van der Waals surface area (Å²) in [7, 11) is 0. The molecule has 1 aromatic rings. The number of hydrogen-bond donors (Lipinski definition) is 2. The number of phenols is 1. The molecule has 1 aliphatic carbocycles. The highest BCUT2D eigenvalue weighted by Gasteiger charge is 2.21. The first-order chi connectivity index (χ1) is 10.1. The lowest BCUT2D eigenvalue weighted by Gasteiger charge is -2.20. The van der Waals surface area contributed by atoms with Gasteiger partial charge >= 0.3 is 5.97 Å². The molecule has 1 amide bonds. The van der Waals surface area contributed by atoms with Crippen LogP contribution < -0.4 is 5.32 Å². The minimum Gasteiger partial charge on any atom is -0.507 e. The highest BCUT2D eigenvalue weighted by atomic mass is 16.5. The standard InChI is InChI=1S/C16H21NO4/c1-2-21-16(20)13-10-12(8-9-14(13)18)17-15(19)11-6-4-3-5-7-11/h8-11,18H,2-7H2,1H3,(H,17,19). The number of esters is 1. The van der Waals surface area contributed by atoms with Crippen molar-refractivity contribution in [3.63, 3.8) is 0 Å². The molecule has 1 saturated carbocycles. The van der Waals surface area contributed by atoms with Crippen LogP contribution >= 0.6 is 0 Å². The fraction of sp³-hybridized carbons (Fsp3) is 0.500. The lowest BCUT2D eigenvalue weighted by atomic mass is 9.88. The molecule has 1 fully saturated rings. The third-order valence-electron chi connectivity index (χ3n) is 3.74. The molecule has 0 bridgehead atoms. The van der Waals surface area contributed by atoms with Crippen LogP contribution in [0.3, 0.4) is 0 Å². The van der Waals surface area contributed by atoms with Crippen LogP contribution in [0.4, 0.5) is 5.69 Å². The van der Waals surface area contributed by atoms with Gasteiger partial charge in [0.1, 0.15) is 11.3 Å². The van der Waals surface area contributed by atoms with Gasteiger partial charge in [0, 0.05) is 11.6 Å². The van der Waals surface area contributed by atoms with Gasteiger partial charge in [-0.15, -0.1) is 0 Å². The molecule has 21 heavy (non-hydrogen) atoms. The van der Waals surface area contributed by atoms with Crippen molar-refractivity contribution in [2.24, 2.45) is 5.92 Å². The van der Waals surface area contributed by atoms with E-state index in [9.17, 15) is 14.7 Å². The highest BCUT2D eigenvalue weighted by Crippen LogP contribution is 2.26. The molecule has 1 aromatic carbocycles. The molecule has 1 aliphatic rings. The second kappa shape index (κ2) is 7.11. The summed E-state index contributed by atoms with van der Waals surface area (Å²) in [4.78, 5) is 23.9. The minimum atomic E-state index is -0.594. The molecule has 2 rings (SSSR count). The number of hydrogen-bond acceptors (Lipinski definition) is 4. The summed E-state index contributed by atoms with van der Waals surface area (Å²) in [5, 5.41) is 12.5. The SMILES string of the molecule is CCOC(=O)c1cc(NC(=O)C2CCCCC2)ccc1O. The van der Waals surface area contributed by atoms with Gasteiger partial charge in [0.15, 0.2) is 0 Å². The predicted octanol–water partition coefficient (Wildman–Crippen LogP) is 3.09. The molecule has 0 aliphatic heterocycles. The van der Waals surface area contributed by atoms with Crippen LogP contribution in [-0.4, -0.2) is 23.6 Å². The van der Waals surface area contributed by atoms with Crippen molar-refractivity contribution in [1.29, 1.82) is 0 Å². The Balaban J connectivity index is 2.07. The van der Waals surface area contributed by atoms with Crippen LogP contribution in [0.15, 0.2) is 18.2 Å². The molecule has 114 valence electrons. The number of anilines is 1. The monoisotopic (exact) mass is 291 g/mol. The number of carbonyl (C=O) groups is 2. The molecule has 5 heteroatoms. The smallest absolute Gasteiger partial charge is 0.341 e. The van der Waals surface area contributed by atoms with Gasteiger partial charge in [-0.2, -0.15) is 0 Å². The van der Waals surface area contributed by atoms with Gasteiger partial charge in [-0.1, -0.05) is 19.3 Å². The predicted molar refractivity (Wildman–Crippen MR) is 79.3 cm³/mol. The highest BCUT2D eigenvalue weighted by molar-refractivity contribution is 5.97. The molecule has 0 spiro atoms. The fourth-order valence-electron chi connectivity index (χ4n) is 2.60. The summed E-state index contributed by atoms with van der Waals surface area (Å²) in [6.07, 6.45) is 5.18. The van der Waals surface area contributed by atoms with Gasteiger partial charge in [-0.05, 0) is 38.0 Å². The second-order valence-electron chi connectivity index (χ2n) is 5.28. The zero-order valence-corrected chi connectivity index (χ0v) is 12.2. The maximum Gasteiger partial charge on any atom is 0.341 e. The summed E-state index contributed by atoms with van der Waals surface area (Å²) in [5.74, 6) is -0.721. The van der Waals surface area contributed by atoms with Gasteiger partial charge in [0.2, 0.25) is 5.91 Å². The van der Waals surface area contributed by atoms with Gasteiger partial charge < -0.3 is 15.2 Å². The first-order valence-corrected chi connectivity index (χ1v) is 7.42. The van der Waals surface area contributed by atoms with Gasteiger partial charge in [-0.3, -0.25) is 4.79 Å². The van der Waals surface area contributed by atoms with Crippen LogP contribution in [0.5, 0.6) is 5.75 Å². The number of rotatable bonds is 4. The Labute approximate surface area is 124 Å². The number of aromatic hydroxyl groups is 1. The molecule has 0 aromatic heterocycles. The van der Waals surface area contributed by atoms with Crippen LogP contribution in [0, 0.1) is 5.92 Å². The normalized spacial score (nSPS) is 15.5. The zero-order valence-electron chi connectivity index (χ0n) is 12.2. The average molecular weight is 291 g/mol. The Morgan fingerprint density at radius 1 is 1.29 bits per heavy atom.